The molecule has 6 nitrogen and oxygen atoms in total. The van der Waals surface area contributed by atoms with E-state index in [0.717, 1.165) is 5.56 Å². The van der Waals surface area contributed by atoms with Gasteiger partial charge in [-0.1, -0.05) is 30.3 Å². The summed E-state index contributed by atoms with van der Waals surface area (Å²) in [5.74, 6) is -0.915. The molecule has 0 fully saturated rings. The van der Waals surface area contributed by atoms with Gasteiger partial charge in [-0.25, -0.2) is 4.98 Å². The number of hydrogen-bond donors (Lipinski definition) is 2. The summed E-state index contributed by atoms with van der Waals surface area (Å²) < 4.78 is 1.22. The van der Waals surface area contributed by atoms with Gasteiger partial charge < -0.3 is 10.4 Å². The van der Waals surface area contributed by atoms with Crippen LogP contribution in [0.3, 0.4) is 0 Å². The fraction of sp³-hybridized carbons (Fsp3) is 0.267. The molecule has 110 valence electrons. The summed E-state index contributed by atoms with van der Waals surface area (Å²) in [7, 11) is 0. The van der Waals surface area contributed by atoms with Gasteiger partial charge in [0.2, 0.25) is 0 Å². The third-order valence-electron chi connectivity index (χ3n) is 2.84. The molecule has 0 aliphatic rings. The number of carbonyl (C=O) groups is 1. The van der Waals surface area contributed by atoms with E-state index in [2.05, 4.69) is 10.3 Å². The highest BCUT2D eigenvalue weighted by Crippen LogP contribution is 2.17. The lowest BCUT2D eigenvalue weighted by atomic mass is 10.1. The average Bonchev–Trinajstić information content (AvgIpc) is 2.43. The van der Waals surface area contributed by atoms with Crippen LogP contribution in [-0.2, 0) is 11.3 Å². The summed E-state index contributed by atoms with van der Waals surface area (Å²) >= 11 is 0. The first kappa shape index (κ1) is 14.8. The Kier molecular flexibility index (Phi) is 4.37. The maximum Gasteiger partial charge on any atom is 0.323 e. The van der Waals surface area contributed by atoms with Crippen LogP contribution in [0.1, 0.15) is 13.8 Å². The van der Waals surface area contributed by atoms with Gasteiger partial charge in [-0.2, -0.15) is 0 Å². The van der Waals surface area contributed by atoms with Gasteiger partial charge in [0.05, 0.1) is 11.9 Å². The van der Waals surface area contributed by atoms with Crippen molar-refractivity contribution in [1.82, 2.24) is 9.55 Å². The third kappa shape index (κ3) is 3.47. The van der Waals surface area contributed by atoms with E-state index in [9.17, 15) is 9.59 Å². The first-order valence-corrected chi connectivity index (χ1v) is 6.62. The van der Waals surface area contributed by atoms with Crippen molar-refractivity contribution in [2.45, 2.75) is 26.4 Å². The molecule has 0 aliphatic heterocycles. The molecule has 1 heterocycles. The standard InChI is InChI=1S/C15H17N3O3/c1-10(2)17-14-15(21)18(9-13(19)20)12(8-16-14)11-6-4-3-5-7-11/h3-8,10H,9H2,1-2H3,(H,16,17)(H,19,20). The first-order chi connectivity index (χ1) is 9.99. The van der Waals surface area contributed by atoms with Crippen LogP contribution >= 0.6 is 0 Å². The highest BCUT2D eigenvalue weighted by Gasteiger charge is 2.14. The number of rotatable bonds is 5. The zero-order valence-electron chi connectivity index (χ0n) is 11.9. The van der Waals surface area contributed by atoms with Crippen LogP contribution in [0.25, 0.3) is 11.3 Å². The summed E-state index contributed by atoms with van der Waals surface area (Å²) in [6.45, 7) is 3.36. The van der Waals surface area contributed by atoms with Crippen molar-refractivity contribution in [3.8, 4) is 11.3 Å². The number of nitrogens with one attached hydrogen (secondary N) is 1. The predicted octanol–water partition coefficient (Wildman–Crippen LogP) is 1.82. The van der Waals surface area contributed by atoms with Crippen LogP contribution in [0.5, 0.6) is 0 Å². The Bertz CT molecular complexity index is 693. The van der Waals surface area contributed by atoms with Crippen molar-refractivity contribution in [3.05, 3.63) is 46.9 Å². The number of benzene rings is 1. The maximum atomic E-state index is 12.4. The maximum absolute atomic E-state index is 12.4. The molecule has 0 amide bonds. The van der Waals surface area contributed by atoms with Crippen molar-refractivity contribution in [3.63, 3.8) is 0 Å². The van der Waals surface area contributed by atoms with Gasteiger partial charge in [-0.05, 0) is 19.4 Å². The fourth-order valence-electron chi connectivity index (χ4n) is 1.99. The summed E-state index contributed by atoms with van der Waals surface area (Å²) in [5, 5.41) is 12.0. The molecule has 1 aromatic carbocycles. The highest BCUT2D eigenvalue weighted by atomic mass is 16.4. The Morgan fingerprint density at radius 2 is 2.00 bits per heavy atom. The van der Waals surface area contributed by atoms with Crippen LogP contribution < -0.4 is 10.9 Å². The zero-order chi connectivity index (χ0) is 15.4. The molecule has 2 aromatic rings. The van der Waals surface area contributed by atoms with Gasteiger partial charge in [-0.15, -0.1) is 0 Å². The van der Waals surface area contributed by atoms with Gasteiger partial charge in [0.15, 0.2) is 5.82 Å². The van der Waals surface area contributed by atoms with Crippen LogP contribution in [-0.4, -0.2) is 26.7 Å². The number of aliphatic carboxylic acids is 1. The van der Waals surface area contributed by atoms with E-state index >= 15 is 0 Å². The Morgan fingerprint density at radius 1 is 1.33 bits per heavy atom. The van der Waals surface area contributed by atoms with Crippen LogP contribution in [0.2, 0.25) is 0 Å². The molecule has 2 N–H and O–H groups in total. The molecule has 0 unspecified atom stereocenters. The monoisotopic (exact) mass is 287 g/mol. The Labute approximate surface area is 122 Å². The quantitative estimate of drug-likeness (QED) is 0.876. The molecule has 0 atom stereocenters. The van der Waals surface area contributed by atoms with Crippen LogP contribution in [0, 0.1) is 0 Å². The van der Waals surface area contributed by atoms with Crippen molar-refractivity contribution in [1.29, 1.82) is 0 Å². The normalized spacial score (nSPS) is 10.6. The van der Waals surface area contributed by atoms with E-state index in [0.29, 0.717) is 5.69 Å². The topological polar surface area (TPSA) is 84.2 Å². The van der Waals surface area contributed by atoms with Crippen molar-refractivity contribution in [2.24, 2.45) is 0 Å². The Morgan fingerprint density at radius 3 is 2.57 bits per heavy atom. The average molecular weight is 287 g/mol. The van der Waals surface area contributed by atoms with Gasteiger partial charge in [0, 0.05) is 6.04 Å². The van der Waals surface area contributed by atoms with Gasteiger partial charge >= 0.3 is 5.97 Å². The van der Waals surface area contributed by atoms with Crippen LogP contribution in [0.4, 0.5) is 5.82 Å². The Balaban J connectivity index is 2.58. The van der Waals surface area contributed by atoms with Gasteiger partial charge in [-0.3, -0.25) is 14.2 Å². The molecular weight excluding hydrogens is 270 g/mol. The molecule has 6 heteroatoms. The second-order valence-electron chi connectivity index (χ2n) is 4.94. The lowest BCUT2D eigenvalue weighted by Gasteiger charge is -2.14. The van der Waals surface area contributed by atoms with Gasteiger partial charge in [0.25, 0.3) is 5.56 Å². The molecular formula is C15H17N3O3. The minimum absolute atomic E-state index is 0.0334. The lowest BCUT2D eigenvalue weighted by Crippen LogP contribution is -2.30. The number of hydrogen-bond acceptors (Lipinski definition) is 4. The zero-order valence-corrected chi connectivity index (χ0v) is 11.9. The van der Waals surface area contributed by atoms with E-state index < -0.39 is 18.1 Å². The number of aromatic nitrogens is 2. The third-order valence-corrected chi connectivity index (χ3v) is 2.84. The van der Waals surface area contributed by atoms with E-state index in [1.54, 1.807) is 0 Å². The minimum Gasteiger partial charge on any atom is -0.480 e. The second-order valence-corrected chi connectivity index (χ2v) is 4.94. The predicted molar refractivity (Wildman–Crippen MR) is 80.3 cm³/mol. The number of nitrogens with zero attached hydrogens (tertiary/aromatic N) is 2. The van der Waals surface area contributed by atoms with E-state index in [-0.39, 0.29) is 11.9 Å². The number of carboxylic acids is 1. The molecule has 0 aliphatic carbocycles. The summed E-state index contributed by atoms with van der Waals surface area (Å²) in [5.41, 5.74) is 0.796. The molecule has 0 spiro atoms. The van der Waals surface area contributed by atoms with Crippen molar-refractivity contribution in [2.75, 3.05) is 5.32 Å². The fourth-order valence-corrected chi connectivity index (χ4v) is 1.99. The summed E-state index contributed by atoms with van der Waals surface area (Å²) in [4.78, 5) is 27.6. The van der Waals surface area contributed by atoms with Crippen LogP contribution in [0.15, 0.2) is 41.3 Å². The molecule has 21 heavy (non-hydrogen) atoms. The highest BCUT2D eigenvalue weighted by molar-refractivity contribution is 5.69. The molecule has 0 saturated heterocycles. The lowest BCUT2D eigenvalue weighted by molar-refractivity contribution is -0.137. The number of anilines is 1. The summed E-state index contributed by atoms with van der Waals surface area (Å²) in [6, 6.07) is 9.15. The molecule has 1 aromatic heterocycles. The minimum atomic E-state index is -1.07. The SMILES string of the molecule is CC(C)Nc1ncc(-c2ccccc2)n(CC(=O)O)c1=O. The van der Waals surface area contributed by atoms with Crippen molar-refractivity contribution >= 4 is 11.8 Å². The summed E-state index contributed by atoms with van der Waals surface area (Å²) in [6.07, 6.45) is 1.52. The molecule has 0 bridgehead atoms. The van der Waals surface area contributed by atoms with E-state index in [1.165, 1.54) is 10.8 Å². The van der Waals surface area contributed by atoms with E-state index in [1.807, 2.05) is 44.2 Å². The molecule has 0 radical (unpaired) electrons. The van der Waals surface area contributed by atoms with E-state index in [4.69, 9.17) is 5.11 Å². The first-order valence-electron chi connectivity index (χ1n) is 6.62. The largest absolute Gasteiger partial charge is 0.480 e. The Hall–Kier alpha value is -2.63. The van der Waals surface area contributed by atoms with Crippen molar-refractivity contribution < 1.29 is 9.90 Å². The second kappa shape index (κ2) is 6.21. The molecule has 2 rings (SSSR count). The number of carboxylic acid groups (broad SMARTS) is 1. The molecule has 0 saturated carbocycles. The van der Waals surface area contributed by atoms with Gasteiger partial charge in [0.1, 0.15) is 6.54 Å². The smallest absolute Gasteiger partial charge is 0.323 e.